The summed E-state index contributed by atoms with van der Waals surface area (Å²) in [6.07, 6.45) is 2.07. The zero-order valence-corrected chi connectivity index (χ0v) is 18.8. The maximum atomic E-state index is 12.5. The maximum absolute atomic E-state index is 12.5. The van der Waals surface area contributed by atoms with E-state index in [0.717, 1.165) is 36.4 Å². The Labute approximate surface area is 188 Å². The molecular formula is C25H29N3O4. The summed E-state index contributed by atoms with van der Waals surface area (Å²) in [6, 6.07) is 17.3. The van der Waals surface area contributed by atoms with Gasteiger partial charge in [-0.05, 0) is 44.0 Å². The molecule has 7 nitrogen and oxygen atoms in total. The van der Waals surface area contributed by atoms with Crippen LogP contribution in [0.5, 0.6) is 17.4 Å². The number of para-hydroxylation sites is 3. The molecule has 0 saturated carbocycles. The lowest BCUT2D eigenvalue weighted by atomic mass is 10.2. The van der Waals surface area contributed by atoms with Crippen LogP contribution in [0.25, 0.3) is 5.69 Å². The van der Waals surface area contributed by atoms with E-state index in [4.69, 9.17) is 19.3 Å². The van der Waals surface area contributed by atoms with Gasteiger partial charge >= 0.3 is 0 Å². The van der Waals surface area contributed by atoms with Crippen LogP contribution in [0, 0.1) is 6.92 Å². The molecule has 1 fully saturated rings. The van der Waals surface area contributed by atoms with Gasteiger partial charge in [0.05, 0.1) is 36.7 Å². The quantitative estimate of drug-likeness (QED) is 0.521. The first-order valence-corrected chi connectivity index (χ1v) is 10.9. The van der Waals surface area contributed by atoms with Crippen molar-refractivity contribution in [2.75, 3.05) is 20.3 Å². The Morgan fingerprint density at radius 2 is 1.88 bits per heavy atom. The van der Waals surface area contributed by atoms with Gasteiger partial charge in [-0.25, -0.2) is 4.68 Å². The van der Waals surface area contributed by atoms with Gasteiger partial charge < -0.3 is 19.1 Å². The number of carbonyl (C=O) groups is 1. The van der Waals surface area contributed by atoms with Crippen molar-refractivity contribution in [1.29, 1.82) is 0 Å². The van der Waals surface area contributed by atoms with Gasteiger partial charge in [-0.1, -0.05) is 30.3 Å². The van der Waals surface area contributed by atoms with Gasteiger partial charge in [-0.2, -0.15) is 5.10 Å². The summed E-state index contributed by atoms with van der Waals surface area (Å²) in [6.45, 7) is 5.22. The normalized spacial score (nSPS) is 15.5. The van der Waals surface area contributed by atoms with Gasteiger partial charge in [0.25, 0.3) is 0 Å². The average Bonchev–Trinajstić information content (AvgIpc) is 3.43. The molecule has 32 heavy (non-hydrogen) atoms. The van der Waals surface area contributed by atoms with E-state index in [9.17, 15) is 4.79 Å². The highest BCUT2D eigenvalue weighted by Crippen LogP contribution is 2.36. The third-order valence-corrected chi connectivity index (χ3v) is 5.66. The number of hydrogen-bond acceptors (Lipinski definition) is 5. The Kier molecular flexibility index (Phi) is 6.75. The number of nitrogens with zero attached hydrogens (tertiary/aromatic N) is 3. The van der Waals surface area contributed by atoms with Crippen LogP contribution in [0.15, 0.2) is 54.6 Å². The fourth-order valence-electron chi connectivity index (χ4n) is 3.91. The third-order valence-electron chi connectivity index (χ3n) is 5.66. The number of ether oxygens (including phenoxy) is 3. The Morgan fingerprint density at radius 1 is 1.16 bits per heavy atom. The van der Waals surface area contributed by atoms with E-state index in [1.807, 2.05) is 66.4 Å². The van der Waals surface area contributed by atoms with Crippen LogP contribution < -0.4 is 9.47 Å². The highest BCUT2D eigenvalue weighted by Gasteiger charge is 2.26. The first-order valence-electron chi connectivity index (χ1n) is 10.9. The summed E-state index contributed by atoms with van der Waals surface area (Å²) >= 11 is 0. The number of carbonyl (C=O) groups excluding carboxylic acids is 1. The second-order valence-electron chi connectivity index (χ2n) is 7.90. The standard InChI is InChI=1S/C25H29N3O4/c1-18-22(17-27(19(2)29)16-21-12-9-15-31-21)25(28(26-18)20-10-5-4-6-11-20)32-24-14-8-7-13-23(24)30-3/h4-8,10-11,13-14,21H,9,12,15-17H2,1-3H3. The topological polar surface area (TPSA) is 65.8 Å². The van der Waals surface area contributed by atoms with Gasteiger partial charge in [0.1, 0.15) is 0 Å². The summed E-state index contributed by atoms with van der Waals surface area (Å²) in [4.78, 5) is 14.3. The fourth-order valence-corrected chi connectivity index (χ4v) is 3.91. The van der Waals surface area contributed by atoms with Crippen LogP contribution in [-0.4, -0.2) is 47.0 Å². The van der Waals surface area contributed by atoms with Crippen molar-refractivity contribution in [3.63, 3.8) is 0 Å². The average molecular weight is 436 g/mol. The van der Waals surface area contributed by atoms with Crippen LogP contribution >= 0.6 is 0 Å². The zero-order valence-electron chi connectivity index (χ0n) is 18.8. The van der Waals surface area contributed by atoms with E-state index in [1.54, 1.807) is 18.7 Å². The van der Waals surface area contributed by atoms with E-state index in [-0.39, 0.29) is 12.0 Å². The lowest BCUT2D eigenvalue weighted by Crippen LogP contribution is -2.35. The molecule has 2 aromatic carbocycles. The van der Waals surface area contributed by atoms with Crippen LogP contribution in [0.3, 0.4) is 0 Å². The highest BCUT2D eigenvalue weighted by atomic mass is 16.5. The second-order valence-corrected chi connectivity index (χ2v) is 7.90. The minimum atomic E-state index is -0.00407. The van der Waals surface area contributed by atoms with E-state index >= 15 is 0 Å². The third kappa shape index (κ3) is 4.78. The Bertz CT molecular complexity index is 1060. The van der Waals surface area contributed by atoms with Gasteiger partial charge in [0.15, 0.2) is 11.5 Å². The van der Waals surface area contributed by atoms with Crippen molar-refractivity contribution in [1.82, 2.24) is 14.7 Å². The Morgan fingerprint density at radius 3 is 2.53 bits per heavy atom. The maximum Gasteiger partial charge on any atom is 0.228 e. The van der Waals surface area contributed by atoms with E-state index in [1.165, 1.54) is 0 Å². The molecule has 0 spiro atoms. The summed E-state index contributed by atoms with van der Waals surface area (Å²) in [5, 5.41) is 4.76. The number of aromatic nitrogens is 2. The molecule has 1 unspecified atom stereocenters. The minimum Gasteiger partial charge on any atom is -0.493 e. The molecule has 1 atom stereocenters. The molecule has 1 saturated heterocycles. The monoisotopic (exact) mass is 435 g/mol. The molecule has 1 amide bonds. The lowest BCUT2D eigenvalue weighted by molar-refractivity contribution is -0.131. The van der Waals surface area contributed by atoms with Crippen LogP contribution in [0.1, 0.15) is 31.0 Å². The van der Waals surface area contributed by atoms with Crippen molar-refractivity contribution in [2.45, 2.75) is 39.3 Å². The molecule has 4 rings (SSSR count). The van der Waals surface area contributed by atoms with E-state index in [2.05, 4.69) is 0 Å². The van der Waals surface area contributed by atoms with Crippen molar-refractivity contribution in [3.05, 3.63) is 65.9 Å². The molecular weight excluding hydrogens is 406 g/mol. The summed E-state index contributed by atoms with van der Waals surface area (Å²) in [7, 11) is 1.61. The van der Waals surface area contributed by atoms with Crippen molar-refractivity contribution in [3.8, 4) is 23.1 Å². The van der Waals surface area contributed by atoms with Gasteiger partial charge in [0, 0.05) is 20.1 Å². The molecule has 0 radical (unpaired) electrons. The summed E-state index contributed by atoms with van der Waals surface area (Å²) in [5.41, 5.74) is 2.53. The summed E-state index contributed by atoms with van der Waals surface area (Å²) < 4.78 is 19.4. The lowest BCUT2D eigenvalue weighted by Gasteiger charge is -2.24. The molecule has 2 heterocycles. The number of rotatable bonds is 8. The molecule has 1 aliphatic heterocycles. The zero-order chi connectivity index (χ0) is 22.5. The highest BCUT2D eigenvalue weighted by molar-refractivity contribution is 5.73. The van der Waals surface area contributed by atoms with Crippen molar-refractivity contribution < 1.29 is 19.0 Å². The predicted molar refractivity (Wildman–Crippen MR) is 121 cm³/mol. The fraction of sp³-hybridized carbons (Fsp3) is 0.360. The van der Waals surface area contributed by atoms with Crippen LogP contribution in [0.2, 0.25) is 0 Å². The molecule has 0 aliphatic carbocycles. The van der Waals surface area contributed by atoms with Crippen molar-refractivity contribution in [2.24, 2.45) is 0 Å². The predicted octanol–water partition coefficient (Wildman–Crippen LogP) is 4.51. The van der Waals surface area contributed by atoms with Crippen LogP contribution in [0.4, 0.5) is 0 Å². The smallest absolute Gasteiger partial charge is 0.228 e. The first kappa shape index (κ1) is 21.9. The van der Waals surface area contributed by atoms with Gasteiger partial charge in [-0.15, -0.1) is 0 Å². The largest absolute Gasteiger partial charge is 0.493 e. The Balaban J connectivity index is 1.73. The number of aryl methyl sites for hydroxylation is 1. The molecule has 3 aromatic rings. The SMILES string of the molecule is COc1ccccc1Oc1c(CN(CC2CCCO2)C(C)=O)c(C)nn1-c1ccccc1. The van der Waals surface area contributed by atoms with Crippen LogP contribution in [-0.2, 0) is 16.1 Å². The van der Waals surface area contributed by atoms with Gasteiger partial charge in [0.2, 0.25) is 11.8 Å². The Hall–Kier alpha value is -3.32. The minimum absolute atomic E-state index is 0.00407. The molecule has 1 aromatic heterocycles. The number of methoxy groups -OCH3 is 1. The van der Waals surface area contributed by atoms with Crippen molar-refractivity contribution >= 4 is 5.91 Å². The number of benzene rings is 2. The number of amides is 1. The van der Waals surface area contributed by atoms with Gasteiger partial charge in [-0.3, -0.25) is 4.79 Å². The first-order chi connectivity index (χ1) is 15.6. The number of hydrogen-bond donors (Lipinski definition) is 0. The van der Waals surface area contributed by atoms with E-state index in [0.29, 0.717) is 30.5 Å². The molecule has 168 valence electrons. The van der Waals surface area contributed by atoms with E-state index < -0.39 is 0 Å². The second kappa shape index (κ2) is 9.87. The molecule has 1 aliphatic rings. The molecule has 0 bridgehead atoms. The summed E-state index contributed by atoms with van der Waals surface area (Å²) in [5.74, 6) is 1.77. The molecule has 0 N–H and O–H groups in total. The molecule has 7 heteroatoms.